The Kier molecular flexibility index (Phi) is 3.59. The van der Waals surface area contributed by atoms with Crippen LogP contribution in [0.1, 0.15) is 22.5 Å². The van der Waals surface area contributed by atoms with E-state index in [1.807, 2.05) is 19.1 Å². The number of nitrogens with zero attached hydrogens (tertiary/aromatic N) is 2. The number of halogens is 1. The van der Waals surface area contributed by atoms with Crippen LogP contribution in [0, 0.1) is 6.92 Å². The van der Waals surface area contributed by atoms with Crippen molar-refractivity contribution in [2.75, 3.05) is 13.2 Å². The molecule has 0 aliphatic carbocycles. The average Bonchev–Trinajstić information content (AvgIpc) is 2.87. The van der Waals surface area contributed by atoms with Gasteiger partial charge >= 0.3 is 0 Å². The van der Waals surface area contributed by atoms with Gasteiger partial charge in [0.15, 0.2) is 0 Å². The number of carbonyl (C=O) groups is 1. The second-order valence-electron chi connectivity index (χ2n) is 5.49. The number of aliphatic hydroxyl groups is 1. The van der Waals surface area contributed by atoms with Crippen molar-refractivity contribution >= 4 is 16.8 Å². The lowest BCUT2D eigenvalue weighted by Gasteiger charge is -2.22. The molecule has 1 aromatic heterocycles. The van der Waals surface area contributed by atoms with Gasteiger partial charge in [-0.05, 0) is 31.2 Å². The molecule has 1 saturated heterocycles. The van der Waals surface area contributed by atoms with Crippen LogP contribution in [0.15, 0.2) is 30.3 Å². The molecular weight excluding hydrogens is 271 g/mol. The molecular formula is C16H17FN2O2. The molecule has 2 atom stereocenters. The van der Waals surface area contributed by atoms with Gasteiger partial charge in [-0.25, -0.2) is 4.39 Å². The number of likely N-dealkylation sites (tertiary alicyclic amines) is 1. The molecule has 0 spiro atoms. The molecule has 1 aromatic carbocycles. The summed E-state index contributed by atoms with van der Waals surface area (Å²) in [6.45, 7) is 1.75. The summed E-state index contributed by atoms with van der Waals surface area (Å²) >= 11 is 0. The van der Waals surface area contributed by atoms with Crippen LogP contribution in [0.25, 0.3) is 10.9 Å². The van der Waals surface area contributed by atoms with Crippen molar-refractivity contribution in [3.63, 3.8) is 0 Å². The molecule has 1 aliphatic rings. The van der Waals surface area contributed by atoms with Crippen molar-refractivity contribution in [1.29, 1.82) is 0 Å². The van der Waals surface area contributed by atoms with Crippen LogP contribution in [0.5, 0.6) is 0 Å². The topological polar surface area (TPSA) is 53.4 Å². The highest BCUT2D eigenvalue weighted by atomic mass is 19.1. The van der Waals surface area contributed by atoms with Gasteiger partial charge in [-0.15, -0.1) is 0 Å². The van der Waals surface area contributed by atoms with Crippen LogP contribution < -0.4 is 0 Å². The molecule has 4 nitrogen and oxygen atoms in total. The second-order valence-corrected chi connectivity index (χ2v) is 5.49. The number of amides is 1. The highest BCUT2D eigenvalue weighted by Gasteiger charge is 2.35. The Hall–Kier alpha value is -2.01. The predicted molar refractivity (Wildman–Crippen MR) is 77.9 cm³/mol. The number of rotatable bonds is 2. The molecule has 1 fully saturated rings. The molecule has 0 saturated carbocycles. The molecule has 2 heterocycles. The number of carbonyl (C=O) groups excluding carboxylic acids is 1. The Morgan fingerprint density at radius 3 is 3.00 bits per heavy atom. The van der Waals surface area contributed by atoms with Gasteiger partial charge in [-0.1, -0.05) is 6.07 Å². The molecule has 110 valence electrons. The normalized spacial score (nSPS) is 22.0. The van der Waals surface area contributed by atoms with E-state index in [2.05, 4.69) is 4.98 Å². The fourth-order valence-corrected chi connectivity index (χ4v) is 2.81. The number of alkyl halides is 1. The quantitative estimate of drug-likeness (QED) is 0.920. The first-order valence-corrected chi connectivity index (χ1v) is 7.02. The summed E-state index contributed by atoms with van der Waals surface area (Å²) in [5.74, 6) is -0.239. The number of hydrogen-bond donors (Lipinski definition) is 1. The van der Waals surface area contributed by atoms with Crippen molar-refractivity contribution < 1.29 is 14.3 Å². The lowest BCUT2D eigenvalue weighted by atomic mass is 10.1. The smallest absolute Gasteiger partial charge is 0.254 e. The maximum Gasteiger partial charge on any atom is 0.254 e. The van der Waals surface area contributed by atoms with Crippen molar-refractivity contribution in [3.05, 3.63) is 41.6 Å². The molecule has 21 heavy (non-hydrogen) atoms. The van der Waals surface area contributed by atoms with E-state index in [1.165, 1.54) is 4.90 Å². The number of fused-ring (bicyclic) bond motifs is 1. The number of aliphatic hydroxyl groups excluding tert-OH is 1. The summed E-state index contributed by atoms with van der Waals surface area (Å²) in [7, 11) is 0. The van der Waals surface area contributed by atoms with Gasteiger partial charge in [0.2, 0.25) is 0 Å². The zero-order valence-electron chi connectivity index (χ0n) is 11.8. The predicted octanol–water partition coefficient (Wildman–Crippen LogP) is 2.09. The third-order valence-electron chi connectivity index (χ3n) is 3.91. The highest BCUT2D eigenvalue weighted by molar-refractivity contribution is 5.98. The number of aromatic nitrogens is 1. The maximum absolute atomic E-state index is 13.5. The monoisotopic (exact) mass is 288 g/mol. The van der Waals surface area contributed by atoms with Crippen LogP contribution in [-0.2, 0) is 0 Å². The summed E-state index contributed by atoms with van der Waals surface area (Å²) in [6.07, 6.45) is -0.854. The van der Waals surface area contributed by atoms with E-state index < -0.39 is 12.2 Å². The summed E-state index contributed by atoms with van der Waals surface area (Å²) in [5, 5.41) is 10.2. The average molecular weight is 288 g/mol. The van der Waals surface area contributed by atoms with E-state index >= 15 is 0 Å². The van der Waals surface area contributed by atoms with Crippen molar-refractivity contribution in [2.45, 2.75) is 25.6 Å². The molecule has 1 N–H and O–H groups in total. The van der Waals surface area contributed by atoms with Crippen molar-refractivity contribution in [3.8, 4) is 0 Å². The Morgan fingerprint density at radius 1 is 1.43 bits per heavy atom. The Labute approximate surface area is 122 Å². The van der Waals surface area contributed by atoms with Crippen molar-refractivity contribution in [2.24, 2.45) is 0 Å². The number of pyridine rings is 1. The van der Waals surface area contributed by atoms with E-state index in [1.54, 1.807) is 18.2 Å². The van der Waals surface area contributed by atoms with E-state index in [4.69, 9.17) is 0 Å². The maximum atomic E-state index is 13.5. The Morgan fingerprint density at radius 2 is 2.24 bits per heavy atom. The van der Waals surface area contributed by atoms with Gasteiger partial charge in [-0.3, -0.25) is 9.78 Å². The summed E-state index contributed by atoms with van der Waals surface area (Å²) in [5.41, 5.74) is 2.25. The van der Waals surface area contributed by atoms with Crippen LogP contribution in [0.4, 0.5) is 4.39 Å². The van der Waals surface area contributed by atoms with Gasteiger partial charge in [0.1, 0.15) is 6.17 Å². The van der Waals surface area contributed by atoms with E-state index in [9.17, 15) is 14.3 Å². The van der Waals surface area contributed by atoms with Crippen LogP contribution >= 0.6 is 0 Å². The summed E-state index contributed by atoms with van der Waals surface area (Å²) < 4.78 is 13.5. The second kappa shape index (κ2) is 5.41. The molecule has 1 amide bonds. The first-order chi connectivity index (χ1) is 10.1. The zero-order valence-corrected chi connectivity index (χ0v) is 11.8. The minimum atomic E-state index is -1.06. The fraction of sp³-hybridized carbons (Fsp3) is 0.375. The highest BCUT2D eigenvalue weighted by Crippen LogP contribution is 2.23. The standard InChI is InChI=1S/C16H17FN2O2/c1-10-2-3-11-6-12(4-5-15(11)18-10)16(21)19-8-13(17)7-14(19)9-20/h2-6,13-14,20H,7-9H2,1H3/t13-,14-/m0/s1. The third-order valence-corrected chi connectivity index (χ3v) is 3.91. The van der Waals surface area contributed by atoms with E-state index in [0.29, 0.717) is 5.56 Å². The van der Waals surface area contributed by atoms with Gasteiger partial charge in [0.25, 0.3) is 5.91 Å². The summed E-state index contributed by atoms with van der Waals surface area (Å²) in [6, 6.07) is 8.65. The van der Waals surface area contributed by atoms with Crippen LogP contribution in [-0.4, -0.2) is 46.3 Å². The molecule has 0 bridgehead atoms. The number of aryl methyl sites for hydroxylation is 1. The first-order valence-electron chi connectivity index (χ1n) is 7.02. The number of hydrogen-bond acceptors (Lipinski definition) is 3. The molecule has 2 aromatic rings. The van der Waals surface area contributed by atoms with Gasteiger partial charge < -0.3 is 10.0 Å². The lowest BCUT2D eigenvalue weighted by Crippen LogP contribution is -2.37. The number of benzene rings is 1. The van der Waals surface area contributed by atoms with Crippen LogP contribution in [0.2, 0.25) is 0 Å². The van der Waals surface area contributed by atoms with Crippen molar-refractivity contribution in [1.82, 2.24) is 9.88 Å². The van der Waals surface area contributed by atoms with E-state index in [0.717, 1.165) is 16.6 Å². The SMILES string of the molecule is Cc1ccc2cc(C(=O)N3C[C@@H](F)C[C@H]3CO)ccc2n1. The van der Waals surface area contributed by atoms with Gasteiger partial charge in [-0.2, -0.15) is 0 Å². The van der Waals surface area contributed by atoms with Gasteiger partial charge in [0, 0.05) is 23.1 Å². The van der Waals surface area contributed by atoms with Gasteiger partial charge in [0.05, 0.1) is 24.7 Å². The largest absolute Gasteiger partial charge is 0.394 e. The first kappa shape index (κ1) is 13.9. The van der Waals surface area contributed by atoms with Crippen LogP contribution in [0.3, 0.4) is 0 Å². The molecule has 0 unspecified atom stereocenters. The minimum absolute atomic E-state index is 0.0498. The lowest BCUT2D eigenvalue weighted by molar-refractivity contribution is 0.0673. The molecule has 3 rings (SSSR count). The molecule has 1 aliphatic heterocycles. The Bertz CT molecular complexity index is 689. The molecule has 0 radical (unpaired) electrons. The third kappa shape index (κ3) is 2.61. The fourth-order valence-electron chi connectivity index (χ4n) is 2.81. The minimum Gasteiger partial charge on any atom is -0.394 e. The summed E-state index contributed by atoms with van der Waals surface area (Å²) in [4.78, 5) is 18.3. The zero-order chi connectivity index (χ0) is 15.0. The Balaban J connectivity index is 1.92. The molecule has 5 heteroatoms. The van der Waals surface area contributed by atoms with E-state index in [-0.39, 0.29) is 25.5 Å².